The van der Waals surface area contributed by atoms with Crippen molar-refractivity contribution in [2.75, 3.05) is 0 Å². The van der Waals surface area contributed by atoms with Gasteiger partial charge in [-0.25, -0.2) is 8.42 Å². The number of halogens is 1. The number of nitrogens with zero attached hydrogens (tertiary/aromatic N) is 1. The molecule has 1 aromatic carbocycles. The first-order chi connectivity index (χ1) is 12.2. The summed E-state index contributed by atoms with van der Waals surface area (Å²) in [6, 6.07) is 8.21. The number of aromatic nitrogens is 1. The second-order valence-corrected chi connectivity index (χ2v) is 8.46. The fraction of sp³-hybridized carbons (Fsp3) is 0.333. The smallest absolute Gasteiger partial charge is 0.241 e. The molecule has 140 valence electrons. The lowest BCUT2D eigenvalue weighted by molar-refractivity contribution is -0.124. The molecule has 0 aliphatic heterocycles. The van der Waals surface area contributed by atoms with Gasteiger partial charge in [0.05, 0.1) is 10.9 Å². The molecule has 26 heavy (non-hydrogen) atoms. The minimum absolute atomic E-state index is 0.0562. The van der Waals surface area contributed by atoms with Gasteiger partial charge in [-0.2, -0.15) is 4.72 Å². The molecule has 0 bridgehead atoms. The lowest BCUT2D eigenvalue weighted by Crippen LogP contribution is -2.50. The molecule has 1 heterocycles. The number of rotatable bonds is 7. The molecule has 1 unspecified atom stereocenters. The van der Waals surface area contributed by atoms with Gasteiger partial charge in [0.2, 0.25) is 15.9 Å². The van der Waals surface area contributed by atoms with Crippen LogP contribution in [0.15, 0.2) is 53.7 Å². The van der Waals surface area contributed by atoms with Crippen molar-refractivity contribution in [3.63, 3.8) is 0 Å². The van der Waals surface area contributed by atoms with Crippen molar-refractivity contribution in [2.45, 2.75) is 37.8 Å². The second kappa shape index (κ2) is 8.62. The van der Waals surface area contributed by atoms with E-state index >= 15 is 0 Å². The fourth-order valence-electron chi connectivity index (χ4n) is 2.36. The normalized spacial score (nSPS) is 14.0. The number of sulfonamides is 1. The first-order valence-electron chi connectivity index (χ1n) is 8.19. The minimum Gasteiger partial charge on any atom is -0.348 e. The van der Waals surface area contributed by atoms with Gasteiger partial charge in [-0.3, -0.25) is 9.78 Å². The third-order valence-electron chi connectivity index (χ3n) is 3.90. The molecule has 0 saturated carbocycles. The summed E-state index contributed by atoms with van der Waals surface area (Å²) in [6.07, 6.45) is 3.31. The predicted octanol–water partition coefficient (Wildman–Crippen LogP) is 2.92. The monoisotopic (exact) mass is 395 g/mol. The van der Waals surface area contributed by atoms with E-state index in [1.807, 2.05) is 13.0 Å². The molecular formula is C18H22ClN3O3S. The summed E-state index contributed by atoms with van der Waals surface area (Å²) in [4.78, 5) is 16.7. The zero-order valence-electron chi connectivity index (χ0n) is 14.8. The Morgan fingerprint density at radius 1 is 1.12 bits per heavy atom. The number of amides is 1. The number of hydrogen-bond acceptors (Lipinski definition) is 4. The van der Waals surface area contributed by atoms with Crippen LogP contribution in [0.1, 0.15) is 32.4 Å². The van der Waals surface area contributed by atoms with Gasteiger partial charge in [0.25, 0.3) is 0 Å². The maximum Gasteiger partial charge on any atom is 0.241 e. The molecule has 0 aliphatic rings. The van der Waals surface area contributed by atoms with Crippen molar-refractivity contribution >= 4 is 27.5 Å². The third-order valence-corrected chi connectivity index (χ3v) is 5.61. The average molecular weight is 396 g/mol. The van der Waals surface area contributed by atoms with E-state index in [9.17, 15) is 13.2 Å². The quantitative estimate of drug-likeness (QED) is 0.754. The summed E-state index contributed by atoms with van der Waals surface area (Å²) in [5.41, 5.74) is 0.837. The van der Waals surface area contributed by atoms with E-state index in [1.165, 1.54) is 24.3 Å². The van der Waals surface area contributed by atoms with Crippen LogP contribution >= 0.6 is 11.6 Å². The Bertz CT molecular complexity index is 840. The number of carbonyl (C=O) groups is 1. The van der Waals surface area contributed by atoms with E-state index in [-0.39, 0.29) is 16.9 Å². The minimum atomic E-state index is -3.85. The molecule has 0 fully saturated rings. The molecule has 2 N–H and O–H groups in total. The van der Waals surface area contributed by atoms with Crippen LogP contribution < -0.4 is 10.0 Å². The van der Waals surface area contributed by atoms with Crippen molar-refractivity contribution in [2.24, 2.45) is 5.92 Å². The summed E-state index contributed by atoms with van der Waals surface area (Å²) in [7, 11) is -3.85. The summed E-state index contributed by atoms with van der Waals surface area (Å²) in [5.74, 6) is -0.632. The van der Waals surface area contributed by atoms with E-state index in [4.69, 9.17) is 11.6 Å². The van der Waals surface area contributed by atoms with Gasteiger partial charge in [-0.15, -0.1) is 0 Å². The Morgan fingerprint density at radius 2 is 1.77 bits per heavy atom. The summed E-state index contributed by atoms with van der Waals surface area (Å²) < 4.78 is 27.6. The molecule has 0 saturated heterocycles. The largest absolute Gasteiger partial charge is 0.348 e. The van der Waals surface area contributed by atoms with Crippen LogP contribution in [0, 0.1) is 5.92 Å². The summed E-state index contributed by atoms with van der Waals surface area (Å²) in [6.45, 7) is 5.38. The maximum absolute atomic E-state index is 12.7. The fourth-order valence-corrected chi connectivity index (χ4v) is 3.83. The lowest BCUT2D eigenvalue weighted by Gasteiger charge is -2.24. The first-order valence-corrected chi connectivity index (χ1v) is 10.0. The van der Waals surface area contributed by atoms with Gasteiger partial charge < -0.3 is 5.32 Å². The van der Waals surface area contributed by atoms with Gasteiger partial charge in [-0.05, 0) is 48.7 Å². The average Bonchev–Trinajstić information content (AvgIpc) is 2.60. The van der Waals surface area contributed by atoms with Crippen molar-refractivity contribution in [1.29, 1.82) is 0 Å². The standard InChI is InChI=1S/C18H22ClN3O3S/c1-12(2)17(18(23)21-13(3)14-5-4-10-20-11-14)22-26(24,25)16-8-6-15(19)7-9-16/h4-13,17,22H,1-3H3,(H,21,23)/t13?,17-/m0/s1. The van der Waals surface area contributed by atoms with E-state index in [0.717, 1.165) is 5.56 Å². The van der Waals surface area contributed by atoms with Gasteiger partial charge in [-0.1, -0.05) is 31.5 Å². The number of hydrogen-bond donors (Lipinski definition) is 2. The van der Waals surface area contributed by atoms with E-state index in [1.54, 1.807) is 32.3 Å². The Balaban J connectivity index is 2.15. The van der Waals surface area contributed by atoms with E-state index in [0.29, 0.717) is 5.02 Å². The van der Waals surface area contributed by atoms with Crippen LogP contribution in [0.4, 0.5) is 0 Å². The van der Waals surface area contributed by atoms with E-state index < -0.39 is 22.0 Å². The lowest BCUT2D eigenvalue weighted by atomic mass is 10.0. The molecule has 0 aliphatic carbocycles. The van der Waals surface area contributed by atoms with Gasteiger partial charge in [0, 0.05) is 17.4 Å². The van der Waals surface area contributed by atoms with Crippen LogP contribution in [0.2, 0.25) is 5.02 Å². The Hall–Kier alpha value is -1.96. The second-order valence-electron chi connectivity index (χ2n) is 6.31. The summed E-state index contributed by atoms with van der Waals surface area (Å²) >= 11 is 5.80. The maximum atomic E-state index is 12.7. The molecule has 0 radical (unpaired) electrons. The van der Waals surface area contributed by atoms with Crippen LogP contribution in [0.25, 0.3) is 0 Å². The number of pyridine rings is 1. The molecule has 2 atom stereocenters. The highest BCUT2D eigenvalue weighted by molar-refractivity contribution is 7.89. The van der Waals surface area contributed by atoms with Gasteiger partial charge >= 0.3 is 0 Å². The molecule has 2 rings (SSSR count). The zero-order valence-corrected chi connectivity index (χ0v) is 16.4. The number of carbonyl (C=O) groups excluding carboxylic acids is 1. The number of nitrogens with one attached hydrogen (secondary N) is 2. The molecule has 6 nitrogen and oxygen atoms in total. The zero-order chi connectivity index (χ0) is 19.3. The Labute approximate surface area is 159 Å². The van der Waals surface area contributed by atoms with Gasteiger partial charge in [0.1, 0.15) is 6.04 Å². The van der Waals surface area contributed by atoms with Crippen LogP contribution in [-0.4, -0.2) is 25.4 Å². The molecular weight excluding hydrogens is 374 g/mol. The highest BCUT2D eigenvalue weighted by atomic mass is 35.5. The molecule has 8 heteroatoms. The molecule has 1 aromatic heterocycles. The van der Waals surface area contributed by atoms with Crippen molar-refractivity contribution < 1.29 is 13.2 Å². The predicted molar refractivity (Wildman–Crippen MR) is 101 cm³/mol. The summed E-state index contributed by atoms with van der Waals surface area (Å²) in [5, 5.41) is 3.27. The SMILES string of the molecule is CC(NC(=O)[C@@H](NS(=O)(=O)c1ccc(Cl)cc1)C(C)C)c1cccnc1. The Kier molecular flexibility index (Phi) is 6.75. The van der Waals surface area contributed by atoms with Crippen molar-refractivity contribution in [1.82, 2.24) is 15.0 Å². The third kappa shape index (κ3) is 5.27. The van der Waals surface area contributed by atoms with Crippen LogP contribution in [0.5, 0.6) is 0 Å². The highest BCUT2D eigenvalue weighted by Gasteiger charge is 2.29. The van der Waals surface area contributed by atoms with E-state index in [2.05, 4.69) is 15.0 Å². The molecule has 0 spiro atoms. The topological polar surface area (TPSA) is 88.2 Å². The highest BCUT2D eigenvalue weighted by Crippen LogP contribution is 2.17. The molecule has 1 amide bonds. The van der Waals surface area contributed by atoms with Crippen molar-refractivity contribution in [3.05, 3.63) is 59.4 Å². The van der Waals surface area contributed by atoms with Gasteiger partial charge in [0.15, 0.2) is 0 Å². The first kappa shape index (κ1) is 20.4. The molecule has 2 aromatic rings. The van der Waals surface area contributed by atoms with Crippen molar-refractivity contribution in [3.8, 4) is 0 Å². The van der Waals surface area contributed by atoms with Crippen LogP contribution in [0.3, 0.4) is 0 Å². The number of benzene rings is 1. The van der Waals surface area contributed by atoms with Crippen LogP contribution in [-0.2, 0) is 14.8 Å². The Morgan fingerprint density at radius 3 is 2.31 bits per heavy atom.